The Labute approximate surface area is 111 Å². The lowest BCUT2D eigenvalue weighted by atomic mass is 10.1. The van der Waals surface area contributed by atoms with E-state index < -0.39 is 0 Å². The lowest BCUT2D eigenvalue weighted by Crippen LogP contribution is -2.29. The van der Waals surface area contributed by atoms with Gasteiger partial charge in [-0.25, -0.2) is 9.59 Å². The number of hydrogen-bond acceptors (Lipinski definition) is 5. The van der Waals surface area contributed by atoms with Crippen LogP contribution in [0.5, 0.6) is 0 Å². The fourth-order valence-electron chi connectivity index (χ4n) is 2.30. The molecule has 0 spiro atoms. The van der Waals surface area contributed by atoms with Crippen molar-refractivity contribution in [3.8, 4) is 0 Å². The first-order valence-corrected chi connectivity index (χ1v) is 6.31. The minimum atomic E-state index is -0.389. The second kappa shape index (κ2) is 6.16. The molecule has 0 atom stereocenters. The van der Waals surface area contributed by atoms with E-state index in [2.05, 4.69) is 9.89 Å². The zero-order valence-corrected chi connectivity index (χ0v) is 10.9. The largest absolute Gasteiger partial charge is 0.465 e. The Morgan fingerprint density at radius 3 is 2.68 bits per heavy atom. The summed E-state index contributed by atoms with van der Waals surface area (Å²) in [6, 6.07) is 4.99. The fourth-order valence-corrected chi connectivity index (χ4v) is 2.30. The fraction of sp³-hybridized carbons (Fsp3) is 0.429. The maximum Gasteiger partial charge on any atom is 0.337 e. The van der Waals surface area contributed by atoms with Gasteiger partial charge in [-0.1, -0.05) is 0 Å². The molecule has 1 aromatic carbocycles. The molecule has 1 saturated heterocycles. The van der Waals surface area contributed by atoms with Crippen molar-refractivity contribution in [2.45, 2.75) is 19.3 Å². The van der Waals surface area contributed by atoms with Crippen LogP contribution in [0.15, 0.2) is 23.2 Å². The van der Waals surface area contributed by atoms with Crippen LogP contribution in [0, 0.1) is 0 Å². The number of esters is 1. The Bertz CT molecular complexity index is 515. The number of hydrogen-bond donors (Lipinski definition) is 0. The number of methoxy groups -OCH3 is 1. The average molecular weight is 260 g/mol. The van der Waals surface area contributed by atoms with E-state index in [1.807, 2.05) is 0 Å². The van der Waals surface area contributed by atoms with Crippen LogP contribution in [0.3, 0.4) is 0 Å². The third kappa shape index (κ3) is 3.01. The molecule has 1 heterocycles. The summed E-state index contributed by atoms with van der Waals surface area (Å²) in [6.45, 7) is 1.82. The van der Waals surface area contributed by atoms with Crippen LogP contribution in [0.25, 0.3) is 0 Å². The molecule has 1 aliphatic rings. The van der Waals surface area contributed by atoms with Crippen molar-refractivity contribution in [2.75, 3.05) is 25.1 Å². The Balaban J connectivity index is 2.40. The molecule has 2 rings (SSSR count). The summed E-state index contributed by atoms with van der Waals surface area (Å²) in [5.41, 5.74) is 1.81. The number of piperidine rings is 1. The second-order valence-electron chi connectivity index (χ2n) is 4.45. The van der Waals surface area contributed by atoms with Gasteiger partial charge in [0.15, 0.2) is 0 Å². The van der Waals surface area contributed by atoms with Crippen molar-refractivity contribution >= 4 is 23.4 Å². The number of benzene rings is 1. The van der Waals surface area contributed by atoms with Crippen LogP contribution in [-0.4, -0.2) is 32.2 Å². The van der Waals surface area contributed by atoms with Crippen molar-refractivity contribution in [2.24, 2.45) is 4.99 Å². The summed E-state index contributed by atoms with van der Waals surface area (Å²) in [5.74, 6) is -0.389. The Kier molecular flexibility index (Phi) is 4.31. The zero-order valence-electron chi connectivity index (χ0n) is 10.9. The number of rotatable bonds is 3. The van der Waals surface area contributed by atoms with Crippen LogP contribution in [0.2, 0.25) is 0 Å². The normalized spacial score (nSPS) is 14.7. The smallest absolute Gasteiger partial charge is 0.337 e. The van der Waals surface area contributed by atoms with Crippen molar-refractivity contribution < 1.29 is 14.3 Å². The molecule has 0 amide bonds. The molecule has 100 valence electrons. The molecule has 0 aliphatic carbocycles. The van der Waals surface area contributed by atoms with Gasteiger partial charge in [0.25, 0.3) is 0 Å². The van der Waals surface area contributed by atoms with Crippen LogP contribution in [0.4, 0.5) is 11.4 Å². The van der Waals surface area contributed by atoms with Gasteiger partial charge in [-0.05, 0) is 37.5 Å². The molecule has 0 radical (unpaired) electrons. The van der Waals surface area contributed by atoms with Crippen LogP contribution in [-0.2, 0) is 9.53 Å². The highest BCUT2D eigenvalue weighted by Gasteiger charge is 2.17. The molecule has 0 bridgehead atoms. The molecular weight excluding hydrogens is 244 g/mol. The monoisotopic (exact) mass is 260 g/mol. The number of nitrogens with zero attached hydrogens (tertiary/aromatic N) is 2. The number of aliphatic imine (C=N–C) groups is 1. The average Bonchev–Trinajstić information content (AvgIpc) is 2.48. The molecule has 1 aliphatic heterocycles. The van der Waals surface area contributed by atoms with Gasteiger partial charge in [0.05, 0.1) is 24.0 Å². The molecule has 19 heavy (non-hydrogen) atoms. The van der Waals surface area contributed by atoms with Gasteiger partial charge in [0, 0.05) is 13.1 Å². The zero-order chi connectivity index (χ0) is 13.7. The molecule has 1 aromatic rings. The summed E-state index contributed by atoms with van der Waals surface area (Å²) in [5, 5.41) is 0. The lowest BCUT2D eigenvalue weighted by Gasteiger charge is -2.29. The summed E-state index contributed by atoms with van der Waals surface area (Å²) in [4.78, 5) is 27.9. The minimum absolute atomic E-state index is 0.389. The number of anilines is 1. The Morgan fingerprint density at radius 2 is 2.05 bits per heavy atom. The van der Waals surface area contributed by atoms with E-state index in [1.165, 1.54) is 13.5 Å². The predicted molar refractivity (Wildman–Crippen MR) is 71.6 cm³/mol. The Morgan fingerprint density at radius 1 is 1.32 bits per heavy atom. The standard InChI is InChI=1S/C14H16N2O3/c1-19-14(18)11-5-6-12(15-10-17)13(9-11)16-7-3-2-4-8-16/h5-6,9H,2-4,7-8H2,1H3. The van der Waals surface area contributed by atoms with Gasteiger partial charge in [-0.15, -0.1) is 0 Å². The van der Waals surface area contributed by atoms with Gasteiger partial charge in [0.1, 0.15) is 0 Å². The quantitative estimate of drug-likeness (QED) is 0.476. The maximum atomic E-state index is 11.6. The summed E-state index contributed by atoms with van der Waals surface area (Å²) < 4.78 is 4.71. The third-order valence-electron chi connectivity index (χ3n) is 3.26. The minimum Gasteiger partial charge on any atom is -0.465 e. The first-order valence-electron chi connectivity index (χ1n) is 6.31. The SMILES string of the molecule is COC(=O)c1ccc(N=C=O)c(N2CCCCC2)c1. The maximum absolute atomic E-state index is 11.6. The second-order valence-corrected chi connectivity index (χ2v) is 4.45. The molecule has 0 saturated carbocycles. The third-order valence-corrected chi connectivity index (χ3v) is 3.26. The molecule has 0 N–H and O–H groups in total. The number of isocyanates is 1. The first-order chi connectivity index (χ1) is 9.26. The summed E-state index contributed by atoms with van der Waals surface area (Å²) in [7, 11) is 1.35. The first kappa shape index (κ1) is 13.3. The lowest BCUT2D eigenvalue weighted by molar-refractivity contribution is 0.0601. The summed E-state index contributed by atoms with van der Waals surface area (Å²) >= 11 is 0. The Hall–Kier alpha value is -2.13. The van der Waals surface area contributed by atoms with E-state index in [9.17, 15) is 9.59 Å². The van der Waals surface area contributed by atoms with E-state index in [0.29, 0.717) is 11.3 Å². The molecular formula is C14H16N2O3. The predicted octanol–water partition coefficient (Wildman–Crippen LogP) is 2.43. The van der Waals surface area contributed by atoms with E-state index in [-0.39, 0.29) is 5.97 Å². The van der Waals surface area contributed by atoms with Gasteiger partial charge in [0.2, 0.25) is 6.08 Å². The highest BCUT2D eigenvalue weighted by atomic mass is 16.5. The summed E-state index contributed by atoms with van der Waals surface area (Å²) in [6.07, 6.45) is 4.97. The van der Waals surface area contributed by atoms with E-state index in [4.69, 9.17) is 4.74 Å². The van der Waals surface area contributed by atoms with Gasteiger partial charge >= 0.3 is 5.97 Å². The van der Waals surface area contributed by atoms with E-state index in [1.54, 1.807) is 24.3 Å². The van der Waals surface area contributed by atoms with Gasteiger partial charge < -0.3 is 9.64 Å². The molecule has 5 nitrogen and oxygen atoms in total. The van der Waals surface area contributed by atoms with E-state index >= 15 is 0 Å². The van der Waals surface area contributed by atoms with Crippen molar-refractivity contribution in [3.63, 3.8) is 0 Å². The molecule has 0 unspecified atom stereocenters. The van der Waals surface area contributed by atoms with Crippen molar-refractivity contribution in [1.82, 2.24) is 0 Å². The number of ether oxygens (including phenoxy) is 1. The van der Waals surface area contributed by atoms with Crippen molar-refractivity contribution in [3.05, 3.63) is 23.8 Å². The number of carbonyl (C=O) groups is 1. The highest BCUT2D eigenvalue weighted by molar-refractivity contribution is 5.92. The molecule has 1 fully saturated rings. The van der Waals surface area contributed by atoms with Gasteiger partial charge in [-0.3, -0.25) is 0 Å². The molecule has 0 aromatic heterocycles. The molecule has 5 heteroatoms. The van der Waals surface area contributed by atoms with Gasteiger partial charge in [-0.2, -0.15) is 4.99 Å². The van der Waals surface area contributed by atoms with E-state index in [0.717, 1.165) is 31.6 Å². The topological polar surface area (TPSA) is 59.0 Å². The van der Waals surface area contributed by atoms with Crippen LogP contribution < -0.4 is 4.90 Å². The van der Waals surface area contributed by atoms with Crippen molar-refractivity contribution in [1.29, 1.82) is 0 Å². The highest BCUT2D eigenvalue weighted by Crippen LogP contribution is 2.31. The van der Waals surface area contributed by atoms with Crippen LogP contribution >= 0.6 is 0 Å². The number of carbonyl (C=O) groups excluding carboxylic acids is 2. The van der Waals surface area contributed by atoms with Crippen LogP contribution in [0.1, 0.15) is 29.6 Å².